The summed E-state index contributed by atoms with van der Waals surface area (Å²) in [5.74, 6) is 0.700. The Kier molecular flexibility index (Phi) is 3.42. The summed E-state index contributed by atoms with van der Waals surface area (Å²) in [4.78, 5) is 2.05. The molecule has 18 heavy (non-hydrogen) atoms. The normalized spacial score (nSPS) is 10.2. The largest absolute Gasteiger partial charge is 0.495 e. The van der Waals surface area contributed by atoms with Crippen molar-refractivity contribution in [3.05, 3.63) is 48.0 Å². The van der Waals surface area contributed by atoms with Gasteiger partial charge in [0.25, 0.3) is 0 Å². The van der Waals surface area contributed by atoms with Gasteiger partial charge in [0, 0.05) is 12.7 Å². The van der Waals surface area contributed by atoms with Crippen molar-refractivity contribution in [2.24, 2.45) is 0 Å². The Morgan fingerprint density at radius 1 is 1.06 bits per heavy atom. The Balaban J connectivity index is 2.39. The molecule has 0 saturated carbocycles. The summed E-state index contributed by atoms with van der Waals surface area (Å²) in [7, 11) is 3.62. The number of aryl methyl sites for hydroxylation is 1. The van der Waals surface area contributed by atoms with Crippen molar-refractivity contribution in [3.63, 3.8) is 0 Å². The zero-order chi connectivity index (χ0) is 13.1. The topological polar surface area (TPSA) is 38.5 Å². The minimum Gasteiger partial charge on any atom is -0.495 e. The second-order valence-electron chi connectivity index (χ2n) is 4.29. The molecule has 0 aliphatic heterocycles. The summed E-state index contributed by atoms with van der Waals surface area (Å²) < 4.78 is 5.24. The minimum absolute atomic E-state index is 0.656. The van der Waals surface area contributed by atoms with Crippen molar-refractivity contribution >= 4 is 17.1 Å². The fourth-order valence-electron chi connectivity index (χ4n) is 1.91. The van der Waals surface area contributed by atoms with E-state index in [1.807, 2.05) is 25.2 Å². The van der Waals surface area contributed by atoms with Gasteiger partial charge in [0.05, 0.1) is 18.5 Å². The lowest BCUT2D eigenvalue weighted by Crippen LogP contribution is -2.12. The van der Waals surface area contributed by atoms with Gasteiger partial charge in [0.15, 0.2) is 0 Å². The third-order valence-electron chi connectivity index (χ3n) is 3.05. The van der Waals surface area contributed by atoms with Crippen molar-refractivity contribution in [1.82, 2.24) is 0 Å². The maximum absolute atomic E-state index is 6.10. The highest BCUT2D eigenvalue weighted by Crippen LogP contribution is 2.34. The molecule has 2 N–H and O–H groups in total. The second-order valence-corrected chi connectivity index (χ2v) is 4.29. The Labute approximate surface area is 108 Å². The minimum atomic E-state index is 0.656. The van der Waals surface area contributed by atoms with Crippen LogP contribution >= 0.6 is 0 Å². The Morgan fingerprint density at radius 2 is 1.72 bits per heavy atom. The van der Waals surface area contributed by atoms with Crippen LogP contribution in [0.15, 0.2) is 42.5 Å². The predicted octanol–water partition coefficient (Wildman–Crippen LogP) is 3.35. The number of ether oxygens (including phenoxy) is 1. The molecule has 0 bridgehead atoms. The summed E-state index contributed by atoms with van der Waals surface area (Å²) in [5.41, 5.74) is 10.0. The number of methoxy groups -OCH3 is 1. The number of nitrogens with two attached hydrogens (primary N) is 1. The standard InChI is InChI=1S/C15H18N2O/c1-11-7-9-12(10-8-11)17(2)13-5-4-6-14(18-3)15(13)16/h4-10H,16H2,1-3H3. The van der Waals surface area contributed by atoms with Crippen molar-refractivity contribution < 1.29 is 4.74 Å². The Hall–Kier alpha value is -2.16. The molecular weight excluding hydrogens is 224 g/mol. The summed E-state index contributed by atoms with van der Waals surface area (Å²) in [6, 6.07) is 14.1. The van der Waals surface area contributed by atoms with Crippen LogP contribution in [0.1, 0.15) is 5.56 Å². The van der Waals surface area contributed by atoms with Gasteiger partial charge >= 0.3 is 0 Å². The van der Waals surface area contributed by atoms with E-state index >= 15 is 0 Å². The van der Waals surface area contributed by atoms with Crippen LogP contribution < -0.4 is 15.4 Å². The van der Waals surface area contributed by atoms with E-state index in [0.717, 1.165) is 11.4 Å². The Morgan fingerprint density at radius 3 is 2.33 bits per heavy atom. The van der Waals surface area contributed by atoms with Crippen LogP contribution in [0, 0.1) is 6.92 Å². The molecular formula is C15H18N2O. The first-order chi connectivity index (χ1) is 8.63. The first-order valence-corrected chi connectivity index (χ1v) is 5.86. The smallest absolute Gasteiger partial charge is 0.143 e. The van der Waals surface area contributed by atoms with Gasteiger partial charge in [-0.25, -0.2) is 0 Å². The van der Waals surface area contributed by atoms with Crippen LogP contribution in [0.4, 0.5) is 17.1 Å². The number of hydrogen-bond acceptors (Lipinski definition) is 3. The van der Waals surface area contributed by atoms with Gasteiger partial charge in [-0.3, -0.25) is 0 Å². The lowest BCUT2D eigenvalue weighted by atomic mass is 10.2. The summed E-state index contributed by atoms with van der Waals surface area (Å²) >= 11 is 0. The zero-order valence-electron chi connectivity index (χ0n) is 11.0. The molecule has 3 nitrogen and oxygen atoms in total. The first kappa shape index (κ1) is 12.3. The fraction of sp³-hybridized carbons (Fsp3) is 0.200. The number of nitrogens with zero attached hydrogens (tertiary/aromatic N) is 1. The van der Waals surface area contributed by atoms with Gasteiger partial charge in [0.2, 0.25) is 0 Å². The van der Waals surface area contributed by atoms with E-state index in [1.165, 1.54) is 5.56 Å². The van der Waals surface area contributed by atoms with Crippen molar-refractivity contribution in [2.75, 3.05) is 24.8 Å². The number of rotatable bonds is 3. The molecule has 0 radical (unpaired) electrons. The van der Waals surface area contributed by atoms with Gasteiger partial charge in [-0.05, 0) is 31.2 Å². The molecule has 0 aliphatic carbocycles. The molecule has 0 atom stereocenters. The molecule has 0 spiro atoms. The molecule has 94 valence electrons. The lowest BCUT2D eigenvalue weighted by Gasteiger charge is -2.22. The molecule has 0 amide bonds. The van der Waals surface area contributed by atoms with Crippen molar-refractivity contribution in [3.8, 4) is 5.75 Å². The van der Waals surface area contributed by atoms with Gasteiger partial charge in [-0.2, -0.15) is 0 Å². The summed E-state index contributed by atoms with van der Waals surface area (Å²) in [5, 5.41) is 0. The lowest BCUT2D eigenvalue weighted by molar-refractivity contribution is 0.417. The number of benzene rings is 2. The monoisotopic (exact) mass is 242 g/mol. The van der Waals surface area contributed by atoms with Crippen LogP contribution in [0.2, 0.25) is 0 Å². The molecule has 0 unspecified atom stereocenters. The van der Waals surface area contributed by atoms with E-state index in [2.05, 4.69) is 36.1 Å². The fourth-order valence-corrected chi connectivity index (χ4v) is 1.91. The molecule has 0 fully saturated rings. The highest BCUT2D eigenvalue weighted by molar-refractivity contribution is 5.78. The first-order valence-electron chi connectivity index (χ1n) is 5.86. The predicted molar refractivity (Wildman–Crippen MR) is 76.6 cm³/mol. The molecule has 0 heterocycles. The molecule has 0 aromatic heterocycles. The van der Waals surface area contributed by atoms with Crippen LogP contribution in [-0.2, 0) is 0 Å². The van der Waals surface area contributed by atoms with E-state index in [0.29, 0.717) is 11.4 Å². The van der Waals surface area contributed by atoms with Crippen molar-refractivity contribution in [1.29, 1.82) is 0 Å². The molecule has 2 rings (SSSR count). The van der Waals surface area contributed by atoms with Gasteiger partial charge in [-0.1, -0.05) is 23.8 Å². The van der Waals surface area contributed by atoms with Crippen LogP contribution in [0.3, 0.4) is 0 Å². The van der Waals surface area contributed by atoms with E-state index in [4.69, 9.17) is 10.5 Å². The second kappa shape index (κ2) is 5.00. The van der Waals surface area contributed by atoms with Crippen LogP contribution in [0.25, 0.3) is 0 Å². The van der Waals surface area contributed by atoms with Crippen molar-refractivity contribution in [2.45, 2.75) is 6.92 Å². The number of hydrogen-bond donors (Lipinski definition) is 1. The summed E-state index contributed by atoms with van der Waals surface area (Å²) in [6.07, 6.45) is 0. The van der Waals surface area contributed by atoms with Gasteiger partial charge in [0.1, 0.15) is 5.75 Å². The number of anilines is 3. The summed E-state index contributed by atoms with van der Waals surface area (Å²) in [6.45, 7) is 2.07. The Bertz CT molecular complexity index is 535. The van der Waals surface area contributed by atoms with E-state index in [9.17, 15) is 0 Å². The maximum Gasteiger partial charge on any atom is 0.143 e. The average molecular weight is 242 g/mol. The molecule has 3 heteroatoms. The quantitative estimate of drug-likeness (QED) is 0.839. The highest BCUT2D eigenvalue weighted by Gasteiger charge is 2.10. The maximum atomic E-state index is 6.10. The molecule has 0 aliphatic rings. The molecule has 2 aromatic rings. The van der Waals surface area contributed by atoms with E-state index in [1.54, 1.807) is 7.11 Å². The number of para-hydroxylation sites is 1. The van der Waals surface area contributed by atoms with E-state index in [-0.39, 0.29) is 0 Å². The van der Waals surface area contributed by atoms with Crippen LogP contribution in [-0.4, -0.2) is 14.2 Å². The SMILES string of the molecule is COc1cccc(N(C)c2ccc(C)cc2)c1N. The number of nitrogen functional groups attached to an aromatic ring is 1. The van der Waals surface area contributed by atoms with Crippen LogP contribution in [0.5, 0.6) is 5.75 Å². The average Bonchev–Trinajstić information content (AvgIpc) is 2.39. The van der Waals surface area contributed by atoms with Gasteiger partial charge in [-0.15, -0.1) is 0 Å². The highest BCUT2D eigenvalue weighted by atomic mass is 16.5. The third kappa shape index (κ3) is 2.25. The zero-order valence-corrected chi connectivity index (χ0v) is 11.0. The van der Waals surface area contributed by atoms with Gasteiger partial charge < -0.3 is 15.4 Å². The third-order valence-corrected chi connectivity index (χ3v) is 3.05. The van der Waals surface area contributed by atoms with E-state index < -0.39 is 0 Å². The molecule has 2 aromatic carbocycles. The molecule has 0 saturated heterocycles.